The highest BCUT2D eigenvalue weighted by Gasteiger charge is 1.94. The number of hydrogen-bond acceptors (Lipinski definition) is 0. The number of hydrogen-bond donors (Lipinski definition) is 0. The Hall–Kier alpha value is -1.04. The van der Waals surface area contributed by atoms with Crippen molar-refractivity contribution in [1.82, 2.24) is 0 Å². The molecule has 0 bridgehead atoms. The van der Waals surface area contributed by atoms with E-state index in [1.54, 1.807) is 0 Å². The molecule has 0 atom stereocenters. The maximum absolute atomic E-state index is 3.93. The van der Waals surface area contributed by atoms with E-state index in [0.717, 1.165) is 11.1 Å². The molecule has 0 N–H and O–H groups in total. The second-order valence-electron chi connectivity index (χ2n) is 3.35. The lowest BCUT2D eigenvalue weighted by Gasteiger charge is -2.03. The molecule has 0 rings (SSSR count). The minimum atomic E-state index is 1.03. The third-order valence-corrected chi connectivity index (χ3v) is 1.66. The summed E-state index contributed by atoms with van der Waals surface area (Å²) in [5.41, 5.74) is 4.55. The van der Waals surface area contributed by atoms with Crippen molar-refractivity contribution in [3.05, 3.63) is 47.6 Å². The standard InChI is InChI=1S/C12H18/c1-9(2)7-8-11(5)12(6)10(3)4/h7-8H,3,6H2,1-2,4-5H3/b11-8-. The summed E-state index contributed by atoms with van der Waals surface area (Å²) in [7, 11) is 0. The quantitative estimate of drug-likeness (QED) is 0.549. The van der Waals surface area contributed by atoms with Gasteiger partial charge in [0.2, 0.25) is 0 Å². The lowest BCUT2D eigenvalue weighted by Crippen LogP contribution is -1.83. The lowest BCUT2D eigenvalue weighted by atomic mass is 10.0. The van der Waals surface area contributed by atoms with Crippen molar-refractivity contribution in [3.8, 4) is 0 Å². The first kappa shape index (κ1) is 11.0. The van der Waals surface area contributed by atoms with Crippen LogP contribution in [-0.4, -0.2) is 0 Å². The largest absolute Gasteiger partial charge is 0.0955 e. The van der Waals surface area contributed by atoms with E-state index >= 15 is 0 Å². The summed E-state index contributed by atoms with van der Waals surface area (Å²) < 4.78 is 0. The fourth-order valence-electron chi connectivity index (χ4n) is 0.729. The molecule has 0 saturated carbocycles. The Balaban J connectivity index is 4.49. The molecule has 0 heterocycles. The van der Waals surface area contributed by atoms with Crippen molar-refractivity contribution in [2.75, 3.05) is 0 Å². The first-order chi connectivity index (χ1) is 5.45. The topological polar surface area (TPSA) is 0 Å². The fraction of sp³-hybridized carbons (Fsp3) is 0.333. The molecule has 0 aliphatic rings. The molecule has 0 nitrogen and oxygen atoms in total. The molecule has 0 fully saturated rings. The van der Waals surface area contributed by atoms with Gasteiger partial charge in [0.25, 0.3) is 0 Å². The van der Waals surface area contributed by atoms with E-state index in [1.807, 2.05) is 6.92 Å². The van der Waals surface area contributed by atoms with Crippen LogP contribution in [0.15, 0.2) is 47.6 Å². The van der Waals surface area contributed by atoms with Gasteiger partial charge in [0.1, 0.15) is 0 Å². The molecule has 0 spiro atoms. The summed E-state index contributed by atoms with van der Waals surface area (Å²) in [6, 6.07) is 0. The van der Waals surface area contributed by atoms with Gasteiger partial charge in [-0.25, -0.2) is 0 Å². The van der Waals surface area contributed by atoms with Crippen molar-refractivity contribution >= 4 is 0 Å². The summed E-state index contributed by atoms with van der Waals surface area (Å²) in [5.74, 6) is 0. The molecule has 0 heteroatoms. The van der Waals surface area contributed by atoms with Crippen LogP contribution < -0.4 is 0 Å². The predicted octanol–water partition coefficient (Wildman–Crippen LogP) is 4.03. The Morgan fingerprint density at radius 3 is 1.75 bits per heavy atom. The van der Waals surface area contributed by atoms with E-state index in [2.05, 4.69) is 46.1 Å². The highest BCUT2D eigenvalue weighted by molar-refractivity contribution is 5.42. The molecule has 0 aliphatic carbocycles. The molecule has 66 valence electrons. The van der Waals surface area contributed by atoms with Crippen LogP contribution >= 0.6 is 0 Å². The van der Waals surface area contributed by atoms with Crippen LogP contribution in [0.5, 0.6) is 0 Å². The molecule has 0 unspecified atom stereocenters. The molecule has 0 radical (unpaired) electrons. The summed E-state index contributed by atoms with van der Waals surface area (Å²) in [4.78, 5) is 0. The first-order valence-corrected chi connectivity index (χ1v) is 4.12. The van der Waals surface area contributed by atoms with Crippen LogP contribution in [0.4, 0.5) is 0 Å². The second kappa shape index (κ2) is 4.76. The highest BCUT2D eigenvalue weighted by atomic mass is 14.0. The Kier molecular flexibility index (Phi) is 4.35. The number of rotatable bonds is 3. The Bertz CT molecular complexity index is 245. The van der Waals surface area contributed by atoms with Gasteiger partial charge >= 0.3 is 0 Å². The summed E-state index contributed by atoms with van der Waals surface area (Å²) in [6.45, 7) is 16.0. The van der Waals surface area contributed by atoms with Gasteiger partial charge in [0, 0.05) is 0 Å². The van der Waals surface area contributed by atoms with Gasteiger partial charge < -0.3 is 0 Å². The zero-order chi connectivity index (χ0) is 9.72. The van der Waals surface area contributed by atoms with Gasteiger partial charge in [-0.3, -0.25) is 0 Å². The average Bonchev–Trinajstić information content (AvgIpc) is 1.98. The van der Waals surface area contributed by atoms with Gasteiger partial charge in [-0.1, -0.05) is 36.5 Å². The third kappa shape index (κ3) is 3.97. The molecule has 0 amide bonds. The smallest absolute Gasteiger partial charge is 0.0276 e. The Morgan fingerprint density at radius 1 is 0.917 bits per heavy atom. The van der Waals surface area contributed by atoms with E-state index in [-0.39, 0.29) is 0 Å². The Labute approximate surface area is 76.0 Å². The molecule has 0 saturated heterocycles. The lowest BCUT2D eigenvalue weighted by molar-refractivity contribution is 1.33. The van der Waals surface area contributed by atoms with Gasteiger partial charge in [-0.05, 0) is 38.8 Å². The molecule has 0 aromatic heterocycles. The van der Waals surface area contributed by atoms with Gasteiger partial charge in [-0.2, -0.15) is 0 Å². The summed E-state index contributed by atoms with van der Waals surface area (Å²) >= 11 is 0. The van der Waals surface area contributed by atoms with Crippen molar-refractivity contribution in [1.29, 1.82) is 0 Å². The van der Waals surface area contributed by atoms with E-state index in [0.29, 0.717) is 0 Å². The first-order valence-electron chi connectivity index (χ1n) is 4.12. The minimum Gasteiger partial charge on any atom is -0.0955 e. The monoisotopic (exact) mass is 162 g/mol. The van der Waals surface area contributed by atoms with Crippen LogP contribution in [0.1, 0.15) is 27.7 Å². The summed E-state index contributed by atoms with van der Waals surface area (Å²) in [6.07, 6.45) is 4.16. The fourth-order valence-corrected chi connectivity index (χ4v) is 0.729. The molecule has 0 aromatic rings. The number of allylic oxidation sites excluding steroid dienone is 6. The van der Waals surface area contributed by atoms with Crippen molar-refractivity contribution < 1.29 is 0 Å². The maximum atomic E-state index is 3.93. The van der Waals surface area contributed by atoms with Gasteiger partial charge in [0.15, 0.2) is 0 Å². The summed E-state index contributed by atoms with van der Waals surface area (Å²) in [5, 5.41) is 0. The Morgan fingerprint density at radius 2 is 1.42 bits per heavy atom. The van der Waals surface area contributed by atoms with Crippen LogP contribution in [-0.2, 0) is 0 Å². The third-order valence-electron chi connectivity index (χ3n) is 1.66. The molecule has 0 aliphatic heterocycles. The molecule has 0 aromatic carbocycles. The zero-order valence-electron chi connectivity index (χ0n) is 8.57. The SMILES string of the molecule is C=C(C)C(=C)/C(C)=C\C=C(C)C. The predicted molar refractivity (Wildman–Crippen MR) is 57.1 cm³/mol. The van der Waals surface area contributed by atoms with Gasteiger partial charge in [0.05, 0.1) is 0 Å². The maximum Gasteiger partial charge on any atom is -0.0276 e. The molecular formula is C12H18. The van der Waals surface area contributed by atoms with Gasteiger partial charge in [-0.15, -0.1) is 0 Å². The van der Waals surface area contributed by atoms with Crippen molar-refractivity contribution in [3.63, 3.8) is 0 Å². The van der Waals surface area contributed by atoms with E-state index in [1.165, 1.54) is 11.1 Å². The normalized spacial score (nSPS) is 10.8. The highest BCUT2D eigenvalue weighted by Crippen LogP contribution is 2.14. The average molecular weight is 162 g/mol. The van der Waals surface area contributed by atoms with Crippen molar-refractivity contribution in [2.45, 2.75) is 27.7 Å². The minimum absolute atomic E-state index is 1.03. The van der Waals surface area contributed by atoms with Crippen LogP contribution in [0, 0.1) is 0 Å². The molecular weight excluding hydrogens is 144 g/mol. The van der Waals surface area contributed by atoms with E-state index < -0.39 is 0 Å². The van der Waals surface area contributed by atoms with Crippen LogP contribution in [0.2, 0.25) is 0 Å². The van der Waals surface area contributed by atoms with Crippen molar-refractivity contribution in [2.24, 2.45) is 0 Å². The van der Waals surface area contributed by atoms with E-state index in [9.17, 15) is 0 Å². The van der Waals surface area contributed by atoms with E-state index in [4.69, 9.17) is 0 Å². The molecule has 12 heavy (non-hydrogen) atoms. The second-order valence-corrected chi connectivity index (χ2v) is 3.35. The van der Waals surface area contributed by atoms with Crippen LogP contribution in [0.25, 0.3) is 0 Å². The van der Waals surface area contributed by atoms with Crippen LogP contribution in [0.3, 0.4) is 0 Å². The zero-order valence-corrected chi connectivity index (χ0v) is 8.57.